The maximum absolute atomic E-state index is 13.2. The van der Waals surface area contributed by atoms with Crippen molar-refractivity contribution in [3.63, 3.8) is 0 Å². The highest BCUT2D eigenvalue weighted by molar-refractivity contribution is 7.91. The van der Waals surface area contributed by atoms with E-state index in [1.807, 2.05) is 6.92 Å². The van der Waals surface area contributed by atoms with Gasteiger partial charge in [-0.2, -0.15) is 9.78 Å². The molecular weight excluding hydrogens is 546 g/mol. The lowest BCUT2D eigenvalue weighted by atomic mass is 9.99. The molecule has 5 rings (SSSR count). The molecule has 212 valence electrons. The molecule has 0 saturated carbocycles. The van der Waals surface area contributed by atoms with Crippen LogP contribution in [0.4, 0.5) is 20.3 Å². The predicted molar refractivity (Wildman–Crippen MR) is 143 cm³/mol. The van der Waals surface area contributed by atoms with Crippen LogP contribution in [0.15, 0.2) is 42.6 Å². The van der Waals surface area contributed by atoms with Crippen LogP contribution in [-0.4, -0.2) is 78.7 Å². The van der Waals surface area contributed by atoms with Gasteiger partial charge < -0.3 is 20.3 Å². The Morgan fingerprint density at radius 1 is 1.25 bits per heavy atom. The van der Waals surface area contributed by atoms with Crippen LogP contribution >= 0.6 is 0 Å². The molecule has 2 aromatic heterocycles. The quantitative estimate of drug-likeness (QED) is 0.397. The number of fused-ring (bicyclic) bond motifs is 1. The number of pyridine rings is 1. The van der Waals surface area contributed by atoms with Crippen molar-refractivity contribution >= 4 is 33.2 Å². The average molecular weight is 575 g/mol. The molecule has 2 N–H and O–H groups in total. The number of sulfone groups is 1. The third kappa shape index (κ3) is 6.22. The normalized spacial score (nSPS) is 17.9. The Balaban J connectivity index is 1.30. The summed E-state index contributed by atoms with van der Waals surface area (Å²) in [5.41, 5.74) is 2.11. The molecule has 4 heterocycles. The van der Waals surface area contributed by atoms with E-state index in [4.69, 9.17) is 4.74 Å². The Kier molecular flexibility index (Phi) is 7.21. The van der Waals surface area contributed by atoms with Gasteiger partial charge in [-0.25, -0.2) is 22.2 Å². The SMILES string of the molecule is Cc1ccc(-n2nc3c(c2NC(=O)CS(C)(=O)=O)C(=O)N[C@@H](CCOc2cccc(N4CC(F)(F)C4)c2)C3)nc1. The van der Waals surface area contributed by atoms with E-state index in [0.29, 0.717) is 35.8 Å². The summed E-state index contributed by atoms with van der Waals surface area (Å²) in [6.45, 7) is 1.46. The smallest absolute Gasteiger partial charge is 0.282 e. The van der Waals surface area contributed by atoms with Crippen LogP contribution in [0.25, 0.3) is 5.82 Å². The van der Waals surface area contributed by atoms with Gasteiger partial charge in [-0.1, -0.05) is 12.1 Å². The van der Waals surface area contributed by atoms with Crippen LogP contribution in [-0.2, 0) is 21.1 Å². The van der Waals surface area contributed by atoms with Crippen LogP contribution in [0, 0.1) is 6.92 Å². The number of rotatable bonds is 9. The van der Waals surface area contributed by atoms with E-state index >= 15 is 0 Å². The number of aromatic nitrogens is 3. The number of carbonyl (C=O) groups is 2. The minimum Gasteiger partial charge on any atom is -0.493 e. The summed E-state index contributed by atoms with van der Waals surface area (Å²) in [6, 6.07) is 10.1. The molecule has 2 aliphatic rings. The maximum Gasteiger partial charge on any atom is 0.282 e. The fourth-order valence-electron chi connectivity index (χ4n) is 4.62. The fourth-order valence-corrected chi connectivity index (χ4v) is 5.17. The Bertz CT molecular complexity index is 1550. The van der Waals surface area contributed by atoms with E-state index in [1.54, 1.807) is 47.5 Å². The van der Waals surface area contributed by atoms with Gasteiger partial charge in [0.15, 0.2) is 21.5 Å². The monoisotopic (exact) mass is 574 g/mol. The minimum atomic E-state index is -3.61. The number of benzene rings is 1. The third-order valence-electron chi connectivity index (χ3n) is 6.49. The molecule has 0 aliphatic carbocycles. The van der Waals surface area contributed by atoms with Crippen molar-refractivity contribution in [1.82, 2.24) is 20.1 Å². The van der Waals surface area contributed by atoms with Gasteiger partial charge in [0.05, 0.1) is 25.4 Å². The number of ether oxygens (including phenoxy) is 1. The van der Waals surface area contributed by atoms with E-state index in [2.05, 4.69) is 20.7 Å². The molecule has 2 amide bonds. The molecule has 0 unspecified atom stereocenters. The van der Waals surface area contributed by atoms with Crippen LogP contribution in [0.3, 0.4) is 0 Å². The second-order valence-corrected chi connectivity index (χ2v) is 12.3. The van der Waals surface area contributed by atoms with Crippen molar-refractivity contribution in [3.8, 4) is 11.6 Å². The zero-order valence-electron chi connectivity index (χ0n) is 21.9. The number of anilines is 2. The van der Waals surface area contributed by atoms with Crippen molar-refractivity contribution in [2.24, 2.45) is 0 Å². The first-order valence-corrected chi connectivity index (χ1v) is 14.6. The van der Waals surface area contributed by atoms with Gasteiger partial charge in [0.25, 0.3) is 11.8 Å². The first kappa shape index (κ1) is 27.5. The largest absolute Gasteiger partial charge is 0.493 e. The van der Waals surface area contributed by atoms with Gasteiger partial charge in [0, 0.05) is 43.1 Å². The summed E-state index contributed by atoms with van der Waals surface area (Å²) in [4.78, 5) is 31.5. The van der Waals surface area contributed by atoms with Crippen molar-refractivity contribution in [1.29, 1.82) is 0 Å². The predicted octanol–water partition coefficient (Wildman–Crippen LogP) is 2.14. The van der Waals surface area contributed by atoms with Gasteiger partial charge in [-0.3, -0.25) is 9.59 Å². The lowest BCUT2D eigenvalue weighted by molar-refractivity contribution is -0.113. The zero-order valence-corrected chi connectivity index (χ0v) is 22.7. The highest BCUT2D eigenvalue weighted by Gasteiger charge is 2.44. The summed E-state index contributed by atoms with van der Waals surface area (Å²) in [5, 5.41) is 9.98. The summed E-state index contributed by atoms with van der Waals surface area (Å²) < 4.78 is 56.9. The minimum absolute atomic E-state index is 0.0422. The lowest BCUT2D eigenvalue weighted by Crippen LogP contribution is -2.56. The first-order chi connectivity index (χ1) is 18.9. The van der Waals surface area contributed by atoms with E-state index < -0.39 is 33.3 Å². The summed E-state index contributed by atoms with van der Waals surface area (Å²) in [5.74, 6) is -3.78. The Morgan fingerprint density at radius 2 is 2.02 bits per heavy atom. The zero-order chi connectivity index (χ0) is 28.7. The van der Waals surface area contributed by atoms with E-state index in [1.165, 1.54) is 4.68 Å². The molecule has 1 fully saturated rings. The molecule has 1 aromatic carbocycles. The number of alkyl halides is 2. The topological polar surface area (TPSA) is 136 Å². The van der Waals surface area contributed by atoms with Crippen molar-refractivity contribution < 1.29 is 31.5 Å². The number of amides is 2. The Morgan fingerprint density at radius 3 is 2.70 bits per heavy atom. The molecule has 0 spiro atoms. The van der Waals surface area contributed by atoms with E-state index in [-0.39, 0.29) is 37.1 Å². The van der Waals surface area contributed by atoms with Crippen LogP contribution < -0.4 is 20.3 Å². The second kappa shape index (κ2) is 10.5. The highest BCUT2D eigenvalue weighted by Crippen LogP contribution is 2.33. The summed E-state index contributed by atoms with van der Waals surface area (Å²) >= 11 is 0. The molecule has 40 heavy (non-hydrogen) atoms. The van der Waals surface area contributed by atoms with Crippen molar-refractivity contribution in [2.45, 2.75) is 31.7 Å². The molecule has 3 aromatic rings. The Labute approximate surface area is 229 Å². The Hall–Kier alpha value is -4.07. The van der Waals surface area contributed by atoms with Crippen LogP contribution in [0.1, 0.15) is 28.0 Å². The molecule has 1 atom stereocenters. The highest BCUT2D eigenvalue weighted by atomic mass is 32.2. The molecule has 0 bridgehead atoms. The van der Waals surface area contributed by atoms with Gasteiger partial charge in [-0.05, 0) is 30.7 Å². The van der Waals surface area contributed by atoms with E-state index in [9.17, 15) is 26.8 Å². The molecular formula is C26H28F2N6O5S. The number of hydrogen-bond acceptors (Lipinski definition) is 8. The molecule has 0 radical (unpaired) electrons. The van der Waals surface area contributed by atoms with Gasteiger partial charge >= 0.3 is 0 Å². The standard InChI is InChI=1S/C26H28F2N6O5S/c1-16-6-7-21(29-12-16)34-24(31-22(35)13-40(2,37)38)23-20(32-34)10-17(30-25(23)36)8-9-39-19-5-3-4-18(11-19)33-14-26(27,28)15-33/h3-7,11-12,17H,8-10,13-15H2,1-2H3,(H,30,36)(H,31,35)/t17-/m0/s1. The third-order valence-corrected chi connectivity index (χ3v) is 7.27. The molecule has 2 aliphatic heterocycles. The summed E-state index contributed by atoms with van der Waals surface area (Å²) in [6.07, 6.45) is 3.32. The average Bonchev–Trinajstić information content (AvgIpc) is 3.20. The summed E-state index contributed by atoms with van der Waals surface area (Å²) in [7, 11) is -3.61. The van der Waals surface area contributed by atoms with Crippen molar-refractivity contribution in [3.05, 3.63) is 59.4 Å². The van der Waals surface area contributed by atoms with Gasteiger partial charge in [-0.15, -0.1) is 0 Å². The maximum atomic E-state index is 13.2. The lowest BCUT2D eigenvalue weighted by Gasteiger charge is -2.40. The number of halogens is 2. The van der Waals surface area contributed by atoms with E-state index in [0.717, 1.165) is 11.8 Å². The molecule has 14 heteroatoms. The van der Waals surface area contributed by atoms with Crippen LogP contribution in [0.2, 0.25) is 0 Å². The van der Waals surface area contributed by atoms with Crippen LogP contribution in [0.5, 0.6) is 5.75 Å². The molecule has 1 saturated heterocycles. The number of nitrogens with zero attached hydrogens (tertiary/aromatic N) is 4. The number of hydrogen-bond donors (Lipinski definition) is 2. The van der Waals surface area contributed by atoms with Gasteiger partial charge in [0.2, 0.25) is 5.91 Å². The number of carbonyl (C=O) groups excluding carboxylic acids is 2. The second-order valence-electron chi connectivity index (χ2n) is 10.1. The first-order valence-electron chi connectivity index (χ1n) is 12.6. The number of nitrogens with one attached hydrogen (secondary N) is 2. The fraction of sp³-hybridized carbons (Fsp3) is 0.385. The molecule has 11 nitrogen and oxygen atoms in total. The number of aryl methyl sites for hydroxylation is 1. The van der Waals surface area contributed by atoms with Gasteiger partial charge in [0.1, 0.15) is 17.1 Å². The van der Waals surface area contributed by atoms with Crippen molar-refractivity contribution in [2.75, 3.05) is 41.9 Å².